The molecule has 3 rings (SSSR count). The number of halogens is 1. The number of aromatic nitrogens is 3. The number of rotatable bonds is 3. The first-order chi connectivity index (χ1) is 10.8. The SMILES string of the molecule is CC1(C)OB(C(F)=Cc2ccccc2-n2nccn2)OC1(C)C. The van der Waals surface area contributed by atoms with Crippen molar-refractivity contribution in [3.05, 3.63) is 47.9 Å². The van der Waals surface area contributed by atoms with E-state index in [0.29, 0.717) is 11.3 Å². The highest BCUT2D eigenvalue weighted by molar-refractivity contribution is 6.54. The molecule has 0 N–H and O–H groups in total. The lowest BCUT2D eigenvalue weighted by atomic mass is 9.86. The molecule has 1 aliphatic rings. The van der Waals surface area contributed by atoms with Gasteiger partial charge in [-0.1, -0.05) is 18.2 Å². The van der Waals surface area contributed by atoms with Gasteiger partial charge in [-0.2, -0.15) is 15.0 Å². The lowest BCUT2D eigenvalue weighted by Gasteiger charge is -2.32. The molecule has 5 nitrogen and oxygen atoms in total. The molecule has 23 heavy (non-hydrogen) atoms. The molecule has 0 radical (unpaired) electrons. The third-order valence-electron chi connectivity index (χ3n) is 4.34. The van der Waals surface area contributed by atoms with Gasteiger partial charge in [0.1, 0.15) is 5.73 Å². The second kappa shape index (κ2) is 5.58. The van der Waals surface area contributed by atoms with Gasteiger partial charge in [0, 0.05) is 5.56 Å². The van der Waals surface area contributed by atoms with Crippen molar-refractivity contribution < 1.29 is 13.7 Å². The summed E-state index contributed by atoms with van der Waals surface area (Å²) in [6.07, 6.45) is 4.55. The summed E-state index contributed by atoms with van der Waals surface area (Å²) < 4.78 is 26.1. The minimum absolute atomic E-state index is 0.483. The van der Waals surface area contributed by atoms with Crippen molar-refractivity contribution in [1.29, 1.82) is 0 Å². The second-order valence-corrected chi connectivity index (χ2v) is 6.49. The molecule has 1 aromatic carbocycles. The molecule has 1 aromatic heterocycles. The van der Waals surface area contributed by atoms with Gasteiger partial charge in [-0.3, -0.25) is 0 Å². The molecule has 120 valence electrons. The Balaban J connectivity index is 1.91. The average Bonchev–Trinajstić information content (AvgIpc) is 3.06. The zero-order valence-electron chi connectivity index (χ0n) is 13.7. The quantitative estimate of drug-likeness (QED) is 0.816. The fraction of sp³-hybridized carbons (Fsp3) is 0.375. The fourth-order valence-electron chi connectivity index (χ4n) is 2.30. The maximum absolute atomic E-state index is 14.7. The maximum atomic E-state index is 14.7. The van der Waals surface area contributed by atoms with Crippen molar-refractivity contribution in [2.45, 2.75) is 38.9 Å². The first-order valence-corrected chi connectivity index (χ1v) is 7.49. The van der Waals surface area contributed by atoms with Gasteiger partial charge < -0.3 is 9.31 Å². The van der Waals surface area contributed by atoms with Crippen molar-refractivity contribution in [2.24, 2.45) is 0 Å². The third kappa shape index (κ3) is 2.94. The standard InChI is InChI=1S/C16H19BFN3O2/c1-15(2)16(3,4)23-17(22-15)14(18)11-12-7-5-6-8-13(12)21-19-9-10-20-21/h5-11H,1-4H3. The van der Waals surface area contributed by atoms with Gasteiger partial charge in [-0.15, -0.1) is 0 Å². The van der Waals surface area contributed by atoms with Gasteiger partial charge >= 0.3 is 7.12 Å². The normalized spacial score (nSPS) is 20.0. The maximum Gasteiger partial charge on any atom is 0.525 e. The van der Waals surface area contributed by atoms with E-state index in [0.717, 1.165) is 0 Å². The van der Waals surface area contributed by atoms with Gasteiger partial charge in [0.2, 0.25) is 0 Å². The molecule has 1 aliphatic heterocycles. The van der Waals surface area contributed by atoms with E-state index >= 15 is 0 Å². The smallest absolute Gasteiger partial charge is 0.398 e. The van der Waals surface area contributed by atoms with Crippen molar-refractivity contribution in [3.63, 3.8) is 0 Å². The minimum Gasteiger partial charge on any atom is -0.398 e. The zero-order chi connectivity index (χ0) is 16.7. The van der Waals surface area contributed by atoms with Gasteiger partial charge in [0.25, 0.3) is 0 Å². The van der Waals surface area contributed by atoms with E-state index in [9.17, 15) is 4.39 Å². The highest BCUT2D eigenvalue weighted by atomic mass is 19.1. The molecule has 0 amide bonds. The van der Waals surface area contributed by atoms with Gasteiger partial charge in [-0.25, -0.2) is 4.39 Å². The summed E-state index contributed by atoms with van der Waals surface area (Å²) in [7, 11) is -1.02. The Kier molecular flexibility index (Phi) is 3.86. The van der Waals surface area contributed by atoms with Crippen LogP contribution in [0.1, 0.15) is 33.3 Å². The van der Waals surface area contributed by atoms with Crippen molar-refractivity contribution in [3.8, 4) is 5.69 Å². The van der Waals surface area contributed by atoms with Crippen molar-refractivity contribution in [2.75, 3.05) is 0 Å². The monoisotopic (exact) mass is 315 g/mol. The van der Waals surface area contributed by atoms with Crippen LogP contribution >= 0.6 is 0 Å². The van der Waals surface area contributed by atoms with Crippen LogP contribution in [0, 0.1) is 0 Å². The van der Waals surface area contributed by atoms with Crippen LogP contribution in [0.4, 0.5) is 4.39 Å². The predicted octanol–water partition coefficient (Wildman–Crippen LogP) is 3.21. The Morgan fingerprint density at radius 2 is 1.65 bits per heavy atom. The Hall–Kier alpha value is -1.99. The van der Waals surface area contributed by atoms with E-state index < -0.39 is 24.0 Å². The van der Waals surface area contributed by atoms with Crippen molar-refractivity contribution in [1.82, 2.24) is 15.0 Å². The number of benzene rings is 1. The summed E-state index contributed by atoms with van der Waals surface area (Å²) in [5.74, 6) is 0. The summed E-state index contributed by atoms with van der Waals surface area (Å²) >= 11 is 0. The van der Waals surface area contributed by atoms with E-state index in [-0.39, 0.29) is 0 Å². The highest BCUT2D eigenvalue weighted by Gasteiger charge is 2.53. The number of nitrogens with zero attached hydrogens (tertiary/aromatic N) is 3. The Morgan fingerprint density at radius 1 is 1.09 bits per heavy atom. The van der Waals surface area contributed by atoms with Crippen LogP contribution in [0.5, 0.6) is 0 Å². The summed E-state index contributed by atoms with van der Waals surface area (Å²) in [6.45, 7) is 7.56. The highest BCUT2D eigenvalue weighted by Crippen LogP contribution is 2.39. The molecule has 7 heteroatoms. The van der Waals surface area contributed by atoms with E-state index in [2.05, 4.69) is 10.2 Å². The van der Waals surface area contributed by atoms with E-state index in [4.69, 9.17) is 9.31 Å². The molecule has 0 aliphatic carbocycles. The van der Waals surface area contributed by atoms with E-state index in [1.165, 1.54) is 10.9 Å². The van der Waals surface area contributed by atoms with Crippen LogP contribution in [0.25, 0.3) is 11.8 Å². The molecule has 0 unspecified atom stereocenters. The molecule has 0 saturated carbocycles. The van der Waals surface area contributed by atoms with Crippen LogP contribution in [0.2, 0.25) is 0 Å². The fourth-order valence-corrected chi connectivity index (χ4v) is 2.30. The number of hydrogen-bond acceptors (Lipinski definition) is 4. The van der Waals surface area contributed by atoms with Crippen LogP contribution in [0.15, 0.2) is 42.4 Å². The minimum atomic E-state index is -1.02. The Morgan fingerprint density at radius 3 is 2.26 bits per heavy atom. The van der Waals surface area contributed by atoms with E-state index in [1.54, 1.807) is 18.5 Å². The zero-order valence-corrected chi connectivity index (χ0v) is 13.7. The molecule has 0 spiro atoms. The van der Waals surface area contributed by atoms with Gasteiger partial charge in [0.15, 0.2) is 0 Å². The first-order valence-electron chi connectivity index (χ1n) is 7.49. The third-order valence-corrected chi connectivity index (χ3v) is 4.34. The summed E-state index contributed by atoms with van der Waals surface area (Å²) in [6, 6.07) is 7.30. The molecular formula is C16H19BFN3O2. The predicted molar refractivity (Wildman–Crippen MR) is 86.5 cm³/mol. The van der Waals surface area contributed by atoms with Gasteiger partial charge in [0.05, 0.1) is 29.3 Å². The molecule has 0 atom stereocenters. The van der Waals surface area contributed by atoms with Crippen LogP contribution in [-0.2, 0) is 9.31 Å². The lowest BCUT2D eigenvalue weighted by Crippen LogP contribution is -2.41. The van der Waals surface area contributed by atoms with Crippen LogP contribution in [0.3, 0.4) is 0 Å². The summed E-state index contributed by atoms with van der Waals surface area (Å²) in [5.41, 5.74) is -0.305. The molecule has 2 aromatic rings. The van der Waals surface area contributed by atoms with Crippen LogP contribution < -0.4 is 0 Å². The molecule has 0 bridgehead atoms. The number of hydrogen-bond donors (Lipinski definition) is 0. The molecule has 1 saturated heterocycles. The first kappa shape index (κ1) is 15.9. The summed E-state index contributed by atoms with van der Waals surface area (Å²) in [5, 5.41) is 8.18. The topological polar surface area (TPSA) is 49.2 Å². The molecular weight excluding hydrogens is 296 g/mol. The van der Waals surface area contributed by atoms with E-state index in [1.807, 2.05) is 45.9 Å². The van der Waals surface area contributed by atoms with Gasteiger partial charge in [-0.05, 0) is 39.8 Å². The van der Waals surface area contributed by atoms with Crippen molar-refractivity contribution >= 4 is 13.2 Å². The summed E-state index contributed by atoms with van der Waals surface area (Å²) in [4.78, 5) is 1.45. The number of para-hydroxylation sites is 1. The molecule has 2 heterocycles. The average molecular weight is 315 g/mol. The Bertz CT molecular complexity index is 713. The molecule has 1 fully saturated rings. The second-order valence-electron chi connectivity index (χ2n) is 6.49. The van der Waals surface area contributed by atoms with Crippen LogP contribution in [-0.4, -0.2) is 33.3 Å². The largest absolute Gasteiger partial charge is 0.525 e. The Labute approximate surface area is 135 Å². The lowest BCUT2D eigenvalue weighted by molar-refractivity contribution is 0.00578.